The van der Waals surface area contributed by atoms with Gasteiger partial charge in [0.15, 0.2) is 0 Å². The Hall–Kier alpha value is -1.88. The maximum atomic E-state index is 12.6. The average molecular weight is 330 g/mol. The van der Waals surface area contributed by atoms with E-state index in [2.05, 4.69) is 5.32 Å². The van der Waals surface area contributed by atoms with Crippen LogP contribution in [-0.4, -0.2) is 43.0 Å². The highest BCUT2D eigenvalue weighted by Gasteiger charge is 2.24. The lowest BCUT2D eigenvalue weighted by molar-refractivity contribution is -0.119. The first-order valence-electron chi connectivity index (χ1n) is 8.91. The standard InChI is InChI=1S/C19H26N2O3/c1-21(17-5-3-2-4-6-17)19(23)14-7-9-16(10-8-14)20-18(22)15-11-12-24-13-15/h7-10,15,17H,2-6,11-13H2,1H3,(H,20,22). The Morgan fingerprint density at radius 3 is 2.42 bits per heavy atom. The van der Waals surface area contributed by atoms with Gasteiger partial charge in [-0.05, 0) is 43.5 Å². The monoisotopic (exact) mass is 330 g/mol. The largest absolute Gasteiger partial charge is 0.381 e. The van der Waals surface area contributed by atoms with E-state index in [0.717, 1.165) is 24.9 Å². The van der Waals surface area contributed by atoms with Crippen LogP contribution < -0.4 is 5.32 Å². The van der Waals surface area contributed by atoms with Crippen LogP contribution in [0.25, 0.3) is 0 Å². The molecule has 1 aliphatic heterocycles. The Morgan fingerprint density at radius 2 is 1.79 bits per heavy atom. The van der Waals surface area contributed by atoms with Crippen molar-refractivity contribution in [1.82, 2.24) is 4.90 Å². The zero-order valence-electron chi connectivity index (χ0n) is 14.3. The van der Waals surface area contributed by atoms with Gasteiger partial charge >= 0.3 is 0 Å². The van der Waals surface area contributed by atoms with Gasteiger partial charge < -0.3 is 15.0 Å². The van der Waals surface area contributed by atoms with Crippen LogP contribution in [0.15, 0.2) is 24.3 Å². The first-order chi connectivity index (χ1) is 11.6. The van der Waals surface area contributed by atoms with Gasteiger partial charge in [-0.1, -0.05) is 19.3 Å². The van der Waals surface area contributed by atoms with Gasteiger partial charge in [-0.25, -0.2) is 0 Å². The summed E-state index contributed by atoms with van der Waals surface area (Å²) >= 11 is 0. The van der Waals surface area contributed by atoms with Crippen molar-refractivity contribution in [3.63, 3.8) is 0 Å². The Morgan fingerprint density at radius 1 is 1.08 bits per heavy atom. The lowest BCUT2D eigenvalue weighted by atomic mass is 9.94. The fraction of sp³-hybridized carbons (Fsp3) is 0.579. The molecule has 1 aromatic rings. The molecule has 1 heterocycles. The lowest BCUT2D eigenvalue weighted by Crippen LogP contribution is -2.38. The third-order valence-corrected chi connectivity index (χ3v) is 5.14. The number of nitrogens with one attached hydrogen (secondary N) is 1. The van der Waals surface area contributed by atoms with E-state index in [1.165, 1.54) is 19.3 Å². The first-order valence-corrected chi connectivity index (χ1v) is 8.91. The van der Waals surface area contributed by atoms with Gasteiger partial charge in [0, 0.05) is 30.9 Å². The summed E-state index contributed by atoms with van der Waals surface area (Å²) in [7, 11) is 1.90. The topological polar surface area (TPSA) is 58.6 Å². The number of hydrogen-bond acceptors (Lipinski definition) is 3. The number of carbonyl (C=O) groups excluding carboxylic acids is 2. The van der Waals surface area contributed by atoms with Crippen LogP contribution in [0.1, 0.15) is 48.9 Å². The van der Waals surface area contributed by atoms with Crippen LogP contribution in [0.5, 0.6) is 0 Å². The van der Waals surface area contributed by atoms with E-state index >= 15 is 0 Å². The van der Waals surface area contributed by atoms with Gasteiger partial charge in [-0.3, -0.25) is 9.59 Å². The van der Waals surface area contributed by atoms with Gasteiger partial charge in [0.2, 0.25) is 5.91 Å². The average Bonchev–Trinajstić information content (AvgIpc) is 3.17. The molecule has 1 aromatic carbocycles. The summed E-state index contributed by atoms with van der Waals surface area (Å²) in [5.41, 5.74) is 1.40. The fourth-order valence-electron chi connectivity index (χ4n) is 3.52. The molecule has 1 saturated carbocycles. The molecule has 0 radical (unpaired) electrons. The second-order valence-corrected chi connectivity index (χ2v) is 6.84. The summed E-state index contributed by atoms with van der Waals surface area (Å²) in [4.78, 5) is 26.6. The third-order valence-electron chi connectivity index (χ3n) is 5.14. The number of ether oxygens (including phenoxy) is 1. The summed E-state index contributed by atoms with van der Waals surface area (Å²) in [5.74, 6) is -0.0152. The van der Waals surface area contributed by atoms with Gasteiger partial charge in [-0.2, -0.15) is 0 Å². The Labute approximate surface area is 143 Å². The summed E-state index contributed by atoms with van der Waals surface area (Å²) in [6.07, 6.45) is 6.66. The Balaban J connectivity index is 1.58. The highest BCUT2D eigenvalue weighted by atomic mass is 16.5. The maximum Gasteiger partial charge on any atom is 0.253 e. The van der Waals surface area contributed by atoms with E-state index in [1.807, 2.05) is 11.9 Å². The second-order valence-electron chi connectivity index (χ2n) is 6.84. The van der Waals surface area contributed by atoms with E-state index in [-0.39, 0.29) is 17.7 Å². The number of anilines is 1. The van der Waals surface area contributed by atoms with Crippen LogP contribution >= 0.6 is 0 Å². The fourth-order valence-corrected chi connectivity index (χ4v) is 3.52. The molecule has 1 aliphatic carbocycles. The van der Waals surface area contributed by atoms with Crippen LogP contribution in [0.3, 0.4) is 0 Å². The first kappa shape index (κ1) is 17.0. The number of rotatable bonds is 4. The van der Waals surface area contributed by atoms with E-state index in [9.17, 15) is 9.59 Å². The van der Waals surface area contributed by atoms with Crippen molar-refractivity contribution >= 4 is 17.5 Å². The second kappa shape index (κ2) is 7.79. The van der Waals surface area contributed by atoms with Crippen LogP contribution in [0.2, 0.25) is 0 Å². The molecule has 5 heteroatoms. The molecular weight excluding hydrogens is 304 g/mol. The highest BCUT2D eigenvalue weighted by molar-refractivity contribution is 5.96. The molecule has 1 saturated heterocycles. The maximum absolute atomic E-state index is 12.6. The molecule has 0 bridgehead atoms. The SMILES string of the molecule is CN(C(=O)c1ccc(NC(=O)C2CCOC2)cc1)C1CCCCC1. The Kier molecular flexibility index (Phi) is 5.51. The minimum Gasteiger partial charge on any atom is -0.381 e. The molecule has 130 valence electrons. The van der Waals surface area contributed by atoms with Crippen LogP contribution in [-0.2, 0) is 9.53 Å². The molecule has 24 heavy (non-hydrogen) atoms. The van der Waals surface area contributed by atoms with Crippen molar-refractivity contribution in [2.75, 3.05) is 25.6 Å². The summed E-state index contributed by atoms with van der Waals surface area (Å²) in [6.45, 7) is 1.15. The molecule has 1 atom stereocenters. The molecule has 1 N–H and O–H groups in total. The van der Waals surface area contributed by atoms with Gasteiger partial charge in [-0.15, -0.1) is 0 Å². The van der Waals surface area contributed by atoms with Gasteiger partial charge in [0.25, 0.3) is 5.91 Å². The van der Waals surface area contributed by atoms with E-state index < -0.39 is 0 Å². The minimum absolute atomic E-state index is 0.00843. The van der Waals surface area contributed by atoms with Crippen molar-refractivity contribution in [2.45, 2.75) is 44.6 Å². The molecular formula is C19H26N2O3. The van der Waals surface area contributed by atoms with Gasteiger partial charge in [0.1, 0.15) is 0 Å². The molecule has 2 aliphatic rings. The smallest absolute Gasteiger partial charge is 0.253 e. The Bertz CT molecular complexity index is 573. The molecule has 0 aromatic heterocycles. The molecule has 1 unspecified atom stereocenters. The van der Waals surface area contributed by atoms with Crippen molar-refractivity contribution in [1.29, 1.82) is 0 Å². The predicted molar refractivity (Wildman–Crippen MR) is 93.0 cm³/mol. The molecule has 0 spiro atoms. The number of benzene rings is 1. The van der Waals surface area contributed by atoms with E-state index in [1.54, 1.807) is 24.3 Å². The zero-order chi connectivity index (χ0) is 16.9. The zero-order valence-corrected chi connectivity index (χ0v) is 14.3. The quantitative estimate of drug-likeness (QED) is 0.923. The summed E-state index contributed by atoms with van der Waals surface area (Å²) in [5, 5.41) is 2.90. The van der Waals surface area contributed by atoms with E-state index in [0.29, 0.717) is 24.8 Å². The van der Waals surface area contributed by atoms with Gasteiger partial charge in [0.05, 0.1) is 12.5 Å². The van der Waals surface area contributed by atoms with Crippen molar-refractivity contribution < 1.29 is 14.3 Å². The van der Waals surface area contributed by atoms with Crippen LogP contribution in [0, 0.1) is 5.92 Å². The van der Waals surface area contributed by atoms with Crippen LogP contribution in [0.4, 0.5) is 5.69 Å². The summed E-state index contributed by atoms with van der Waals surface area (Å²) < 4.78 is 5.24. The highest BCUT2D eigenvalue weighted by Crippen LogP contribution is 2.23. The van der Waals surface area contributed by atoms with Crippen molar-refractivity contribution in [2.24, 2.45) is 5.92 Å². The predicted octanol–water partition coefficient (Wildman–Crippen LogP) is 3.07. The molecule has 5 nitrogen and oxygen atoms in total. The normalized spacial score (nSPS) is 21.5. The van der Waals surface area contributed by atoms with E-state index in [4.69, 9.17) is 4.74 Å². The van der Waals surface area contributed by atoms with Crippen molar-refractivity contribution in [3.05, 3.63) is 29.8 Å². The third kappa shape index (κ3) is 3.96. The number of nitrogens with zero attached hydrogens (tertiary/aromatic N) is 1. The minimum atomic E-state index is -0.0660. The molecule has 2 fully saturated rings. The lowest BCUT2D eigenvalue weighted by Gasteiger charge is -2.31. The molecule has 3 rings (SSSR count). The number of hydrogen-bond donors (Lipinski definition) is 1. The number of amides is 2. The van der Waals surface area contributed by atoms with Crippen molar-refractivity contribution in [3.8, 4) is 0 Å². The molecule has 2 amide bonds. The summed E-state index contributed by atoms with van der Waals surface area (Å²) in [6, 6.07) is 7.55. The number of carbonyl (C=O) groups is 2.